The van der Waals surface area contributed by atoms with E-state index in [4.69, 9.17) is 16.7 Å². The molecule has 132 valence electrons. The molecule has 2 amide bonds. The molecule has 0 saturated carbocycles. The lowest BCUT2D eigenvalue weighted by atomic mass is 10.1. The average Bonchev–Trinajstić information content (AvgIpc) is 2.40. The predicted molar refractivity (Wildman–Crippen MR) is 76.3 cm³/mol. The summed E-state index contributed by atoms with van der Waals surface area (Å²) in [6, 6.07) is 2.63. The van der Waals surface area contributed by atoms with E-state index in [0.29, 0.717) is 10.5 Å². The molecule has 1 fully saturated rings. The molecule has 1 aliphatic heterocycles. The third-order valence-electron chi connectivity index (χ3n) is 3.71. The van der Waals surface area contributed by atoms with Gasteiger partial charge in [0, 0.05) is 24.7 Å². The van der Waals surface area contributed by atoms with Crippen LogP contribution in [0, 0.1) is 5.82 Å². The molecule has 1 N–H and O–H groups in total. The quantitative estimate of drug-likeness (QED) is 0.831. The molecule has 1 heterocycles. The van der Waals surface area contributed by atoms with E-state index in [1.807, 2.05) is 0 Å². The van der Waals surface area contributed by atoms with Crippen LogP contribution >= 0.6 is 11.6 Å². The Labute approximate surface area is 139 Å². The van der Waals surface area contributed by atoms with Crippen molar-refractivity contribution in [3.63, 3.8) is 0 Å². The van der Waals surface area contributed by atoms with E-state index in [1.54, 1.807) is 0 Å². The summed E-state index contributed by atoms with van der Waals surface area (Å²) < 4.78 is 51.2. The van der Waals surface area contributed by atoms with Crippen molar-refractivity contribution in [2.45, 2.75) is 18.6 Å². The SMILES string of the molecule is O=C(O)N1CC(N(CCc2ccc(F)cc2Cl)C(=O)C(F)(F)F)C1. The Bertz CT molecular complexity index is 647. The molecule has 1 aromatic rings. The zero-order valence-corrected chi connectivity index (χ0v) is 12.9. The van der Waals surface area contributed by atoms with Gasteiger partial charge in [-0.1, -0.05) is 17.7 Å². The van der Waals surface area contributed by atoms with E-state index >= 15 is 0 Å². The van der Waals surface area contributed by atoms with Gasteiger partial charge < -0.3 is 14.9 Å². The average molecular weight is 369 g/mol. The van der Waals surface area contributed by atoms with Crippen molar-refractivity contribution in [1.29, 1.82) is 0 Å². The van der Waals surface area contributed by atoms with E-state index in [-0.39, 0.29) is 31.1 Å². The summed E-state index contributed by atoms with van der Waals surface area (Å²) in [5, 5.41) is 8.80. The van der Waals surface area contributed by atoms with Crippen molar-refractivity contribution in [2.24, 2.45) is 0 Å². The minimum absolute atomic E-state index is 0.00942. The van der Waals surface area contributed by atoms with E-state index in [1.165, 1.54) is 6.07 Å². The second-order valence-electron chi connectivity index (χ2n) is 5.32. The maximum Gasteiger partial charge on any atom is 0.471 e. The van der Waals surface area contributed by atoms with Crippen LogP contribution in [0.5, 0.6) is 0 Å². The number of nitrogens with zero attached hydrogens (tertiary/aromatic N) is 2. The molecule has 0 bridgehead atoms. The van der Waals surface area contributed by atoms with Gasteiger partial charge in [-0.2, -0.15) is 13.2 Å². The molecule has 10 heteroatoms. The summed E-state index contributed by atoms with van der Waals surface area (Å²) in [5.41, 5.74) is 0.396. The maximum atomic E-state index is 13.0. The van der Waals surface area contributed by atoms with Crippen molar-refractivity contribution in [3.05, 3.63) is 34.6 Å². The Morgan fingerprint density at radius 1 is 1.33 bits per heavy atom. The van der Waals surface area contributed by atoms with Crippen molar-refractivity contribution >= 4 is 23.6 Å². The lowest BCUT2D eigenvalue weighted by Crippen LogP contribution is -2.64. The third-order valence-corrected chi connectivity index (χ3v) is 4.07. The van der Waals surface area contributed by atoms with E-state index in [0.717, 1.165) is 17.0 Å². The minimum atomic E-state index is -5.06. The maximum absolute atomic E-state index is 13.0. The highest BCUT2D eigenvalue weighted by atomic mass is 35.5. The molecule has 2 rings (SSSR count). The van der Waals surface area contributed by atoms with Gasteiger partial charge in [-0.05, 0) is 24.1 Å². The highest BCUT2D eigenvalue weighted by Gasteiger charge is 2.47. The number of amides is 2. The summed E-state index contributed by atoms with van der Waals surface area (Å²) in [7, 11) is 0. The first-order valence-corrected chi connectivity index (χ1v) is 7.27. The Balaban J connectivity index is 2.09. The van der Waals surface area contributed by atoms with Crippen LogP contribution in [0.1, 0.15) is 5.56 Å². The molecule has 0 aliphatic carbocycles. The molecule has 0 radical (unpaired) electrons. The Hall–Kier alpha value is -2.03. The van der Waals surface area contributed by atoms with Crippen molar-refractivity contribution in [1.82, 2.24) is 9.80 Å². The van der Waals surface area contributed by atoms with Gasteiger partial charge in [-0.15, -0.1) is 0 Å². The number of alkyl halides is 3. The first kappa shape index (κ1) is 18.3. The smallest absolute Gasteiger partial charge is 0.465 e. The number of rotatable bonds is 4. The van der Waals surface area contributed by atoms with Gasteiger partial charge in [0.2, 0.25) is 0 Å². The molecule has 5 nitrogen and oxygen atoms in total. The summed E-state index contributed by atoms with van der Waals surface area (Å²) in [6.07, 6.45) is -6.33. The first-order valence-electron chi connectivity index (χ1n) is 6.89. The molecule has 1 aliphatic rings. The summed E-state index contributed by atoms with van der Waals surface area (Å²) >= 11 is 5.82. The zero-order chi connectivity index (χ0) is 18.1. The summed E-state index contributed by atoms with van der Waals surface area (Å²) in [4.78, 5) is 23.8. The zero-order valence-electron chi connectivity index (χ0n) is 12.2. The summed E-state index contributed by atoms with van der Waals surface area (Å²) in [6.45, 7) is -0.676. The molecule has 1 aromatic carbocycles. The van der Waals surface area contributed by atoms with Gasteiger partial charge in [0.1, 0.15) is 5.82 Å². The van der Waals surface area contributed by atoms with Gasteiger partial charge in [0.15, 0.2) is 0 Å². The molecule has 0 unspecified atom stereocenters. The van der Waals surface area contributed by atoms with Gasteiger partial charge in [-0.3, -0.25) is 4.79 Å². The van der Waals surface area contributed by atoms with Crippen molar-refractivity contribution in [2.75, 3.05) is 19.6 Å². The molecule has 0 aromatic heterocycles. The van der Waals surface area contributed by atoms with Crippen LogP contribution < -0.4 is 0 Å². The number of carbonyl (C=O) groups excluding carboxylic acids is 1. The second kappa shape index (κ2) is 6.84. The number of carbonyl (C=O) groups is 2. The lowest BCUT2D eigenvalue weighted by molar-refractivity contribution is -0.190. The largest absolute Gasteiger partial charge is 0.471 e. The van der Waals surface area contributed by atoms with Crippen LogP contribution in [0.15, 0.2) is 18.2 Å². The lowest BCUT2D eigenvalue weighted by Gasteiger charge is -2.44. The Morgan fingerprint density at radius 2 is 1.96 bits per heavy atom. The molecule has 1 saturated heterocycles. The number of benzene rings is 1. The van der Waals surface area contributed by atoms with Crippen LogP contribution in [0.3, 0.4) is 0 Å². The van der Waals surface area contributed by atoms with E-state index < -0.39 is 30.0 Å². The minimum Gasteiger partial charge on any atom is -0.465 e. The fourth-order valence-corrected chi connectivity index (χ4v) is 2.65. The van der Waals surface area contributed by atoms with E-state index in [9.17, 15) is 27.2 Å². The number of carboxylic acid groups (broad SMARTS) is 1. The van der Waals surface area contributed by atoms with Gasteiger partial charge in [-0.25, -0.2) is 9.18 Å². The molecule has 0 atom stereocenters. The monoisotopic (exact) mass is 368 g/mol. The standard InChI is InChI=1S/C14H13ClF4N2O3/c15-11-5-9(16)2-1-8(11)3-4-21(12(22)14(17,18)19)10-6-20(7-10)13(23)24/h1-2,5,10H,3-4,6-7H2,(H,23,24). The van der Waals surface area contributed by atoms with Crippen LogP contribution in [0.25, 0.3) is 0 Å². The number of hydrogen-bond acceptors (Lipinski definition) is 2. The summed E-state index contributed by atoms with van der Waals surface area (Å²) in [5.74, 6) is -2.61. The fraction of sp³-hybridized carbons (Fsp3) is 0.429. The van der Waals surface area contributed by atoms with Gasteiger partial charge >= 0.3 is 18.2 Å². The van der Waals surface area contributed by atoms with E-state index in [2.05, 4.69) is 0 Å². The molecular formula is C14H13ClF4N2O3. The van der Waals surface area contributed by atoms with Gasteiger partial charge in [0.25, 0.3) is 0 Å². The van der Waals surface area contributed by atoms with Crippen LogP contribution in [0.2, 0.25) is 5.02 Å². The normalized spacial score (nSPS) is 15.1. The van der Waals surface area contributed by atoms with Crippen LogP contribution in [-0.2, 0) is 11.2 Å². The van der Waals surface area contributed by atoms with Crippen LogP contribution in [-0.4, -0.2) is 58.8 Å². The first-order chi connectivity index (χ1) is 11.1. The Kier molecular flexibility index (Phi) is 5.22. The van der Waals surface area contributed by atoms with Crippen molar-refractivity contribution in [3.8, 4) is 0 Å². The predicted octanol–water partition coefficient (Wildman–Crippen LogP) is 2.77. The topological polar surface area (TPSA) is 60.9 Å². The third kappa shape index (κ3) is 4.08. The highest BCUT2D eigenvalue weighted by Crippen LogP contribution is 2.25. The second-order valence-corrected chi connectivity index (χ2v) is 5.73. The molecule has 24 heavy (non-hydrogen) atoms. The number of hydrogen-bond donors (Lipinski definition) is 1. The molecule has 0 spiro atoms. The number of likely N-dealkylation sites (tertiary alicyclic amines) is 1. The highest BCUT2D eigenvalue weighted by molar-refractivity contribution is 6.31. The fourth-order valence-electron chi connectivity index (χ4n) is 2.39. The number of halogens is 5. The molecular weight excluding hydrogens is 356 g/mol. The van der Waals surface area contributed by atoms with Gasteiger partial charge in [0.05, 0.1) is 6.04 Å². The van der Waals surface area contributed by atoms with Crippen LogP contribution in [0.4, 0.5) is 22.4 Å². The van der Waals surface area contributed by atoms with Crippen molar-refractivity contribution < 1.29 is 32.3 Å². The Morgan fingerprint density at radius 3 is 2.46 bits per heavy atom.